The number of tetrazole rings is 1. The van der Waals surface area contributed by atoms with Gasteiger partial charge in [0.05, 0.1) is 24.4 Å². The molecule has 0 aliphatic heterocycles. The molecule has 0 aliphatic rings. The number of nitrogen functional groups attached to an aromatic ring is 1. The highest BCUT2D eigenvalue weighted by Gasteiger charge is 2.22. The zero-order chi connectivity index (χ0) is 16.8. The Morgan fingerprint density at radius 3 is 2.70 bits per heavy atom. The largest absolute Gasteiger partial charge is 0.490 e. The summed E-state index contributed by atoms with van der Waals surface area (Å²) in [6.45, 7) is 4.10. The molecule has 0 amide bonds. The summed E-state index contributed by atoms with van der Waals surface area (Å²) in [7, 11) is 0. The Morgan fingerprint density at radius 1 is 1.39 bits per heavy atom. The van der Waals surface area contributed by atoms with E-state index in [-0.39, 0.29) is 29.7 Å². The van der Waals surface area contributed by atoms with E-state index in [1.54, 1.807) is 19.9 Å². The maximum absolute atomic E-state index is 11.3. The topological polar surface area (TPSA) is 144 Å². The van der Waals surface area contributed by atoms with E-state index in [0.717, 1.165) is 4.79 Å². The van der Waals surface area contributed by atoms with Gasteiger partial charge in [-0.1, -0.05) is 9.89 Å². The molecule has 1 aromatic carbocycles. The summed E-state index contributed by atoms with van der Waals surface area (Å²) in [5, 5.41) is 25.5. The van der Waals surface area contributed by atoms with Crippen LogP contribution in [0.2, 0.25) is 0 Å². The van der Waals surface area contributed by atoms with Crippen molar-refractivity contribution in [3.63, 3.8) is 0 Å². The molecule has 0 radical (unpaired) electrons. The van der Waals surface area contributed by atoms with E-state index in [0.29, 0.717) is 12.2 Å². The van der Waals surface area contributed by atoms with Crippen molar-refractivity contribution in [1.82, 2.24) is 20.3 Å². The summed E-state index contributed by atoms with van der Waals surface area (Å²) >= 11 is 0. The molecule has 0 unspecified atom stereocenters. The summed E-state index contributed by atoms with van der Waals surface area (Å²) < 4.78 is 10.8. The van der Waals surface area contributed by atoms with Crippen LogP contribution in [0, 0.1) is 10.1 Å². The summed E-state index contributed by atoms with van der Waals surface area (Å²) in [6.07, 6.45) is 1.33. The fraction of sp³-hybridized carbons (Fsp3) is 0.333. The Kier molecular flexibility index (Phi) is 5.02. The van der Waals surface area contributed by atoms with Crippen molar-refractivity contribution in [3.8, 4) is 11.5 Å². The van der Waals surface area contributed by atoms with E-state index in [1.807, 2.05) is 0 Å². The van der Waals surface area contributed by atoms with Crippen LogP contribution in [0.3, 0.4) is 0 Å². The van der Waals surface area contributed by atoms with Gasteiger partial charge in [-0.15, -0.1) is 0 Å². The van der Waals surface area contributed by atoms with Crippen molar-refractivity contribution in [2.24, 2.45) is 5.10 Å². The van der Waals surface area contributed by atoms with Gasteiger partial charge in [0, 0.05) is 11.6 Å². The van der Waals surface area contributed by atoms with E-state index < -0.39 is 4.92 Å². The van der Waals surface area contributed by atoms with Gasteiger partial charge in [-0.2, -0.15) is 5.10 Å². The van der Waals surface area contributed by atoms with Crippen molar-refractivity contribution in [1.29, 1.82) is 0 Å². The first-order chi connectivity index (χ1) is 11.1. The number of hydrogen-bond donors (Lipinski definition) is 1. The lowest BCUT2D eigenvalue weighted by atomic mass is 10.2. The molecule has 0 bridgehead atoms. The minimum atomic E-state index is -0.545. The Hall–Kier alpha value is -3.24. The molecule has 0 saturated heterocycles. The lowest BCUT2D eigenvalue weighted by Crippen LogP contribution is -2.04. The van der Waals surface area contributed by atoms with Gasteiger partial charge in [0.1, 0.15) is 0 Å². The maximum atomic E-state index is 11.3. The van der Waals surface area contributed by atoms with Crippen molar-refractivity contribution in [2.75, 3.05) is 18.9 Å². The molecule has 0 saturated carbocycles. The maximum Gasteiger partial charge on any atom is 0.315 e. The number of nitro groups is 1. The van der Waals surface area contributed by atoms with Gasteiger partial charge < -0.3 is 15.2 Å². The molecule has 1 heterocycles. The molecule has 0 spiro atoms. The van der Waals surface area contributed by atoms with Crippen LogP contribution in [0.25, 0.3) is 0 Å². The van der Waals surface area contributed by atoms with Crippen LogP contribution < -0.4 is 15.2 Å². The predicted molar refractivity (Wildman–Crippen MR) is 80.7 cm³/mol. The van der Waals surface area contributed by atoms with Crippen LogP contribution in [0.4, 0.5) is 11.6 Å². The van der Waals surface area contributed by atoms with E-state index >= 15 is 0 Å². The highest BCUT2D eigenvalue weighted by atomic mass is 16.6. The second-order valence-corrected chi connectivity index (χ2v) is 4.16. The molecule has 11 heteroatoms. The first kappa shape index (κ1) is 16.1. The molecule has 23 heavy (non-hydrogen) atoms. The summed E-state index contributed by atoms with van der Waals surface area (Å²) in [5.74, 6) is 0.333. The zero-order valence-electron chi connectivity index (χ0n) is 12.5. The SMILES string of the molecule is CCOc1cc(/C=N/n2nnnc2N)cc([N+](=O)[O-])c1OCC. The third-order valence-electron chi connectivity index (χ3n) is 2.64. The normalized spacial score (nSPS) is 10.9. The molecule has 1 aromatic heterocycles. The van der Waals surface area contributed by atoms with Gasteiger partial charge in [-0.05, 0) is 30.3 Å². The zero-order valence-corrected chi connectivity index (χ0v) is 12.5. The van der Waals surface area contributed by atoms with Crippen LogP contribution >= 0.6 is 0 Å². The van der Waals surface area contributed by atoms with Crippen LogP contribution in [0.15, 0.2) is 17.2 Å². The summed E-state index contributed by atoms with van der Waals surface area (Å²) in [4.78, 5) is 11.7. The smallest absolute Gasteiger partial charge is 0.315 e. The summed E-state index contributed by atoms with van der Waals surface area (Å²) in [6, 6.07) is 2.89. The van der Waals surface area contributed by atoms with Gasteiger partial charge in [0.25, 0.3) is 5.95 Å². The van der Waals surface area contributed by atoms with Crippen molar-refractivity contribution in [2.45, 2.75) is 13.8 Å². The molecular weight excluding hydrogens is 306 g/mol. The quantitative estimate of drug-likeness (QED) is 0.449. The Balaban J connectivity index is 2.46. The number of nitro benzene ring substituents is 1. The number of anilines is 1. The van der Waals surface area contributed by atoms with Crippen LogP contribution in [0.1, 0.15) is 19.4 Å². The molecule has 2 rings (SSSR count). The van der Waals surface area contributed by atoms with E-state index in [9.17, 15) is 10.1 Å². The van der Waals surface area contributed by atoms with Crippen LogP contribution in [-0.4, -0.2) is 44.7 Å². The number of nitrogens with zero attached hydrogens (tertiary/aromatic N) is 6. The second kappa shape index (κ2) is 7.15. The summed E-state index contributed by atoms with van der Waals surface area (Å²) in [5.41, 5.74) is 5.68. The average Bonchev–Trinajstić information content (AvgIpc) is 2.92. The highest BCUT2D eigenvalue weighted by molar-refractivity contribution is 5.83. The monoisotopic (exact) mass is 321 g/mol. The number of benzene rings is 1. The Labute approximate surface area is 130 Å². The molecule has 2 N–H and O–H groups in total. The fourth-order valence-corrected chi connectivity index (χ4v) is 1.76. The number of aromatic nitrogens is 4. The van der Waals surface area contributed by atoms with Crippen LogP contribution in [0.5, 0.6) is 11.5 Å². The van der Waals surface area contributed by atoms with Gasteiger partial charge in [0.15, 0.2) is 5.75 Å². The highest BCUT2D eigenvalue weighted by Crippen LogP contribution is 2.38. The third-order valence-corrected chi connectivity index (χ3v) is 2.64. The number of hydrogen-bond acceptors (Lipinski definition) is 9. The predicted octanol–water partition coefficient (Wildman–Crippen LogP) is 0.843. The van der Waals surface area contributed by atoms with E-state index in [4.69, 9.17) is 15.2 Å². The molecule has 0 fully saturated rings. The van der Waals surface area contributed by atoms with Gasteiger partial charge in [0.2, 0.25) is 5.75 Å². The van der Waals surface area contributed by atoms with Crippen molar-refractivity contribution < 1.29 is 14.4 Å². The lowest BCUT2D eigenvalue weighted by Gasteiger charge is -2.11. The van der Waals surface area contributed by atoms with Crippen molar-refractivity contribution in [3.05, 3.63) is 27.8 Å². The molecule has 2 aromatic rings. The minimum Gasteiger partial charge on any atom is -0.490 e. The van der Waals surface area contributed by atoms with Crippen molar-refractivity contribution >= 4 is 17.9 Å². The van der Waals surface area contributed by atoms with Gasteiger partial charge >= 0.3 is 5.69 Å². The van der Waals surface area contributed by atoms with Gasteiger partial charge in [-0.3, -0.25) is 10.1 Å². The number of rotatable bonds is 7. The number of nitrogens with two attached hydrogens (primary N) is 1. The Bertz CT molecular complexity index is 728. The second-order valence-electron chi connectivity index (χ2n) is 4.16. The molecule has 0 aliphatic carbocycles. The molecular formula is C12H15N7O4. The van der Waals surface area contributed by atoms with E-state index in [1.165, 1.54) is 12.3 Å². The average molecular weight is 321 g/mol. The molecule has 11 nitrogen and oxygen atoms in total. The fourth-order valence-electron chi connectivity index (χ4n) is 1.76. The first-order valence-electron chi connectivity index (χ1n) is 6.73. The molecule has 122 valence electrons. The van der Waals surface area contributed by atoms with Crippen LogP contribution in [-0.2, 0) is 0 Å². The molecule has 0 atom stereocenters. The van der Waals surface area contributed by atoms with E-state index in [2.05, 4.69) is 20.6 Å². The Morgan fingerprint density at radius 2 is 2.13 bits per heavy atom. The lowest BCUT2D eigenvalue weighted by molar-refractivity contribution is -0.385. The number of ether oxygens (including phenoxy) is 2. The standard InChI is InChI=1S/C12H15N7O4/c1-3-22-10-6-8(7-14-18-12(13)15-16-17-18)5-9(19(20)21)11(10)23-4-2/h5-7H,3-4H2,1-2H3,(H2,13,15,17)/b14-7+. The third kappa shape index (κ3) is 3.70. The first-order valence-corrected chi connectivity index (χ1v) is 6.73. The van der Waals surface area contributed by atoms with Gasteiger partial charge in [-0.25, -0.2) is 0 Å². The minimum absolute atomic E-state index is 0.00767.